The molecule has 0 spiro atoms. The minimum Gasteiger partial charge on any atom is -0.352 e. The third-order valence-corrected chi connectivity index (χ3v) is 3.20. The van der Waals surface area contributed by atoms with Gasteiger partial charge in [0, 0.05) is 26.3 Å². The fourth-order valence-electron chi connectivity index (χ4n) is 2.11. The Bertz CT molecular complexity index is 618. The zero-order valence-electron chi connectivity index (χ0n) is 11.0. The summed E-state index contributed by atoms with van der Waals surface area (Å²) in [5.41, 5.74) is 0.408. The second kappa shape index (κ2) is 4.92. The molecule has 0 saturated carbocycles. The van der Waals surface area contributed by atoms with Crippen molar-refractivity contribution in [2.75, 3.05) is 18.0 Å². The lowest BCUT2D eigenvalue weighted by Crippen LogP contribution is -2.59. The number of carbonyl (C=O) groups excluding carboxylic acids is 1. The summed E-state index contributed by atoms with van der Waals surface area (Å²) in [4.78, 5) is 17.9. The normalized spacial score (nSPS) is 15.0. The van der Waals surface area contributed by atoms with Crippen LogP contribution in [-0.4, -0.2) is 39.8 Å². The Morgan fingerprint density at radius 1 is 1.40 bits per heavy atom. The molecule has 1 N–H and O–H groups in total. The van der Waals surface area contributed by atoms with Crippen LogP contribution >= 0.6 is 0 Å². The Kier molecular flexibility index (Phi) is 3.09. The number of hydrogen-bond donors (Lipinski definition) is 1. The van der Waals surface area contributed by atoms with Crippen LogP contribution in [0.25, 0.3) is 0 Å². The molecular weight excluding hydrogens is 261 g/mol. The van der Waals surface area contributed by atoms with Gasteiger partial charge in [0.25, 0.3) is 5.91 Å². The maximum atomic E-state index is 12.8. The highest BCUT2D eigenvalue weighted by Crippen LogP contribution is 2.18. The molecule has 3 rings (SSSR count). The van der Waals surface area contributed by atoms with Crippen molar-refractivity contribution in [2.24, 2.45) is 7.05 Å². The highest BCUT2D eigenvalue weighted by atomic mass is 19.1. The first-order valence-corrected chi connectivity index (χ1v) is 6.29. The van der Waals surface area contributed by atoms with E-state index in [1.54, 1.807) is 30.1 Å². The van der Waals surface area contributed by atoms with E-state index in [0.29, 0.717) is 18.8 Å². The van der Waals surface area contributed by atoms with Gasteiger partial charge >= 0.3 is 0 Å². The second-order valence-electron chi connectivity index (χ2n) is 4.78. The lowest BCUT2D eigenvalue weighted by atomic mass is 10.1. The molecule has 0 aromatic carbocycles. The minimum atomic E-state index is -0.353. The Balaban J connectivity index is 1.53. The molecule has 104 valence electrons. The average molecular weight is 275 g/mol. The smallest absolute Gasteiger partial charge is 0.272 e. The SMILES string of the molecule is Cn1ccc(C(=O)NC2CN(c3ccc(F)cn3)C2)n1. The summed E-state index contributed by atoms with van der Waals surface area (Å²) < 4.78 is 14.4. The fourth-order valence-corrected chi connectivity index (χ4v) is 2.11. The van der Waals surface area contributed by atoms with E-state index in [1.165, 1.54) is 12.3 Å². The van der Waals surface area contributed by atoms with Crippen LogP contribution in [-0.2, 0) is 7.05 Å². The van der Waals surface area contributed by atoms with Crippen LogP contribution in [0.15, 0.2) is 30.6 Å². The Morgan fingerprint density at radius 3 is 2.80 bits per heavy atom. The first kappa shape index (κ1) is 12.6. The number of aromatic nitrogens is 3. The number of hydrogen-bond acceptors (Lipinski definition) is 4. The third kappa shape index (κ3) is 2.47. The van der Waals surface area contributed by atoms with E-state index in [1.807, 2.05) is 4.90 Å². The van der Waals surface area contributed by atoms with E-state index in [0.717, 1.165) is 5.82 Å². The van der Waals surface area contributed by atoms with Gasteiger partial charge in [-0.15, -0.1) is 0 Å². The molecule has 1 aliphatic heterocycles. The zero-order valence-corrected chi connectivity index (χ0v) is 11.0. The van der Waals surface area contributed by atoms with E-state index in [-0.39, 0.29) is 17.8 Å². The van der Waals surface area contributed by atoms with Crippen molar-refractivity contribution in [1.82, 2.24) is 20.1 Å². The summed E-state index contributed by atoms with van der Waals surface area (Å²) in [6.07, 6.45) is 2.92. The van der Waals surface area contributed by atoms with Crippen molar-refractivity contribution in [3.63, 3.8) is 0 Å². The number of pyridine rings is 1. The highest BCUT2D eigenvalue weighted by molar-refractivity contribution is 5.92. The number of halogens is 1. The molecule has 1 fully saturated rings. The molecule has 0 radical (unpaired) electrons. The topological polar surface area (TPSA) is 63.1 Å². The predicted octanol–water partition coefficient (Wildman–Crippen LogP) is 0.573. The van der Waals surface area contributed by atoms with E-state index in [9.17, 15) is 9.18 Å². The molecule has 7 heteroatoms. The van der Waals surface area contributed by atoms with Gasteiger partial charge in [0.2, 0.25) is 0 Å². The van der Waals surface area contributed by atoms with E-state index >= 15 is 0 Å². The van der Waals surface area contributed by atoms with E-state index < -0.39 is 0 Å². The fraction of sp³-hybridized carbons (Fsp3) is 0.308. The zero-order chi connectivity index (χ0) is 14.1. The minimum absolute atomic E-state index is 0.0661. The molecule has 1 amide bonds. The van der Waals surface area contributed by atoms with Crippen LogP contribution < -0.4 is 10.2 Å². The lowest BCUT2D eigenvalue weighted by molar-refractivity contribution is 0.0924. The molecule has 0 aliphatic carbocycles. The van der Waals surface area contributed by atoms with Gasteiger partial charge in [0.15, 0.2) is 0 Å². The van der Waals surface area contributed by atoms with Crippen LogP contribution in [0.3, 0.4) is 0 Å². The lowest BCUT2D eigenvalue weighted by Gasteiger charge is -2.40. The summed E-state index contributed by atoms with van der Waals surface area (Å²) in [7, 11) is 1.77. The summed E-state index contributed by atoms with van der Waals surface area (Å²) in [6, 6.07) is 4.75. The van der Waals surface area contributed by atoms with Crippen LogP contribution in [0.1, 0.15) is 10.5 Å². The van der Waals surface area contributed by atoms with E-state index in [2.05, 4.69) is 15.4 Å². The van der Waals surface area contributed by atoms with Crippen molar-refractivity contribution < 1.29 is 9.18 Å². The molecule has 3 heterocycles. The molecule has 1 saturated heterocycles. The summed E-state index contributed by atoms with van der Waals surface area (Å²) in [6.45, 7) is 1.33. The molecule has 2 aromatic heterocycles. The van der Waals surface area contributed by atoms with E-state index in [4.69, 9.17) is 0 Å². The van der Waals surface area contributed by atoms with Crippen LogP contribution in [0.2, 0.25) is 0 Å². The number of rotatable bonds is 3. The van der Waals surface area contributed by atoms with Crippen molar-refractivity contribution in [2.45, 2.75) is 6.04 Å². The van der Waals surface area contributed by atoms with Gasteiger partial charge in [0.05, 0.1) is 12.2 Å². The van der Waals surface area contributed by atoms with Gasteiger partial charge in [-0.3, -0.25) is 9.48 Å². The summed E-state index contributed by atoms with van der Waals surface area (Å²) in [5.74, 6) is 0.186. The number of anilines is 1. The van der Waals surface area contributed by atoms with Crippen LogP contribution in [0.4, 0.5) is 10.2 Å². The summed E-state index contributed by atoms with van der Waals surface area (Å²) in [5, 5.41) is 6.94. The first-order valence-electron chi connectivity index (χ1n) is 6.29. The number of amides is 1. The first-order chi connectivity index (χ1) is 9.61. The molecule has 6 nitrogen and oxygen atoms in total. The van der Waals surface area contributed by atoms with Gasteiger partial charge in [-0.1, -0.05) is 0 Å². The Labute approximate surface area is 115 Å². The number of nitrogens with zero attached hydrogens (tertiary/aromatic N) is 4. The van der Waals surface area contributed by atoms with Crippen molar-refractivity contribution in [3.8, 4) is 0 Å². The van der Waals surface area contributed by atoms with Crippen LogP contribution in [0.5, 0.6) is 0 Å². The molecule has 20 heavy (non-hydrogen) atoms. The van der Waals surface area contributed by atoms with Gasteiger partial charge in [0.1, 0.15) is 17.3 Å². The number of carbonyl (C=O) groups is 1. The quantitative estimate of drug-likeness (QED) is 0.889. The molecule has 1 aliphatic rings. The third-order valence-electron chi connectivity index (χ3n) is 3.20. The molecule has 0 atom stereocenters. The van der Waals surface area contributed by atoms with Crippen molar-refractivity contribution >= 4 is 11.7 Å². The predicted molar refractivity (Wildman–Crippen MR) is 70.9 cm³/mol. The number of aryl methyl sites for hydroxylation is 1. The molecule has 0 bridgehead atoms. The molecule has 2 aromatic rings. The maximum absolute atomic E-state index is 12.8. The molecular formula is C13H14FN5O. The monoisotopic (exact) mass is 275 g/mol. The van der Waals surface area contributed by atoms with Crippen molar-refractivity contribution in [3.05, 3.63) is 42.1 Å². The van der Waals surface area contributed by atoms with Gasteiger partial charge in [-0.05, 0) is 18.2 Å². The van der Waals surface area contributed by atoms with Crippen molar-refractivity contribution in [1.29, 1.82) is 0 Å². The van der Waals surface area contributed by atoms with Crippen LogP contribution in [0, 0.1) is 5.82 Å². The molecule has 0 unspecified atom stereocenters. The second-order valence-corrected chi connectivity index (χ2v) is 4.78. The number of nitrogens with one attached hydrogen (secondary N) is 1. The van der Waals surface area contributed by atoms with Gasteiger partial charge in [-0.2, -0.15) is 5.10 Å². The largest absolute Gasteiger partial charge is 0.352 e. The average Bonchev–Trinajstić information content (AvgIpc) is 2.81. The summed E-state index contributed by atoms with van der Waals surface area (Å²) >= 11 is 0. The van der Waals surface area contributed by atoms with Gasteiger partial charge < -0.3 is 10.2 Å². The highest BCUT2D eigenvalue weighted by Gasteiger charge is 2.29. The maximum Gasteiger partial charge on any atom is 0.272 e. The standard InChI is InChI=1S/C13H14FN5O/c1-18-5-4-11(17-18)13(20)16-10-7-19(8-10)12-3-2-9(14)6-15-12/h2-6,10H,7-8H2,1H3,(H,16,20). The Hall–Kier alpha value is -2.44. The Morgan fingerprint density at radius 2 is 2.20 bits per heavy atom. The van der Waals surface area contributed by atoms with Gasteiger partial charge in [-0.25, -0.2) is 9.37 Å².